The fourth-order valence-electron chi connectivity index (χ4n) is 3.50. The lowest BCUT2D eigenvalue weighted by atomic mass is 10.0. The van der Waals surface area contributed by atoms with Gasteiger partial charge < -0.3 is 14.6 Å². The molecule has 1 aromatic carbocycles. The molecule has 0 spiro atoms. The minimum absolute atomic E-state index is 0.0411. The maximum Gasteiger partial charge on any atom is 0.287 e. The van der Waals surface area contributed by atoms with E-state index in [9.17, 15) is 4.79 Å². The molecule has 0 radical (unpaired) electrons. The average molecular weight is 391 g/mol. The zero-order valence-corrected chi connectivity index (χ0v) is 16.9. The standard InChI is InChI=1S/C20H27ClN4O2/c1-4-24-10-9-22-18(24)19(26)23-13-17(15-5-7-16(21)8-6-15)25-11-12-27-20(2,3)14-25/h5-10,17H,4,11-14H2,1-3H3,(H,23,26). The van der Waals surface area contributed by atoms with Crippen LogP contribution in [0, 0.1) is 0 Å². The van der Waals surface area contributed by atoms with Gasteiger partial charge >= 0.3 is 0 Å². The van der Waals surface area contributed by atoms with Gasteiger partial charge in [-0.3, -0.25) is 9.69 Å². The molecule has 2 heterocycles. The number of amides is 1. The third kappa shape index (κ3) is 4.89. The molecule has 0 bridgehead atoms. The number of carbonyl (C=O) groups excluding carboxylic acids is 1. The number of nitrogens with zero attached hydrogens (tertiary/aromatic N) is 3. The lowest BCUT2D eigenvalue weighted by Gasteiger charge is -2.42. The van der Waals surface area contributed by atoms with Crippen LogP contribution in [-0.4, -0.2) is 52.2 Å². The molecule has 7 heteroatoms. The monoisotopic (exact) mass is 390 g/mol. The molecule has 1 N–H and O–H groups in total. The molecule has 2 aromatic rings. The third-order valence-corrected chi connectivity index (χ3v) is 5.12. The summed E-state index contributed by atoms with van der Waals surface area (Å²) >= 11 is 6.06. The molecule has 0 aliphatic carbocycles. The number of morpholine rings is 1. The first kappa shape index (κ1) is 19.9. The second kappa shape index (κ2) is 8.42. The van der Waals surface area contributed by atoms with Crippen molar-refractivity contribution in [2.45, 2.75) is 39.0 Å². The molecular weight excluding hydrogens is 364 g/mol. The summed E-state index contributed by atoms with van der Waals surface area (Å²) < 4.78 is 7.69. The Kier molecular flexibility index (Phi) is 6.19. The number of rotatable bonds is 6. The van der Waals surface area contributed by atoms with Crippen molar-refractivity contribution in [1.29, 1.82) is 0 Å². The molecule has 1 saturated heterocycles. The number of hydrogen-bond acceptors (Lipinski definition) is 4. The molecule has 1 atom stereocenters. The van der Waals surface area contributed by atoms with E-state index in [1.54, 1.807) is 6.20 Å². The molecule has 1 aliphatic rings. The lowest BCUT2D eigenvalue weighted by Crippen LogP contribution is -2.51. The third-order valence-electron chi connectivity index (χ3n) is 4.87. The molecule has 0 saturated carbocycles. The molecule has 1 fully saturated rings. The van der Waals surface area contributed by atoms with E-state index >= 15 is 0 Å². The highest BCUT2D eigenvalue weighted by molar-refractivity contribution is 6.30. The second-order valence-corrected chi connectivity index (χ2v) is 7.83. The Morgan fingerprint density at radius 2 is 2.11 bits per heavy atom. The van der Waals surface area contributed by atoms with E-state index in [-0.39, 0.29) is 17.6 Å². The fraction of sp³-hybridized carbons (Fsp3) is 0.500. The number of aryl methyl sites for hydroxylation is 1. The van der Waals surface area contributed by atoms with Crippen LogP contribution in [0.4, 0.5) is 0 Å². The SMILES string of the molecule is CCn1ccnc1C(=O)NCC(c1ccc(Cl)cc1)N1CCOC(C)(C)C1. The Hall–Kier alpha value is -1.89. The average Bonchev–Trinajstić information content (AvgIpc) is 3.11. The summed E-state index contributed by atoms with van der Waals surface area (Å²) in [6.07, 6.45) is 3.47. The number of hydrogen-bond donors (Lipinski definition) is 1. The second-order valence-electron chi connectivity index (χ2n) is 7.39. The van der Waals surface area contributed by atoms with E-state index in [0.717, 1.165) is 18.7 Å². The number of benzene rings is 1. The Labute approximate surface area is 165 Å². The van der Waals surface area contributed by atoms with Gasteiger partial charge in [-0.25, -0.2) is 4.98 Å². The van der Waals surface area contributed by atoms with Crippen molar-refractivity contribution in [3.8, 4) is 0 Å². The first-order chi connectivity index (χ1) is 12.9. The van der Waals surface area contributed by atoms with Crippen LogP contribution in [0.25, 0.3) is 0 Å². The van der Waals surface area contributed by atoms with Crippen LogP contribution in [0.5, 0.6) is 0 Å². The van der Waals surface area contributed by atoms with Gasteiger partial charge in [-0.2, -0.15) is 0 Å². The molecule has 146 valence electrons. The van der Waals surface area contributed by atoms with Crippen molar-refractivity contribution in [2.75, 3.05) is 26.2 Å². The van der Waals surface area contributed by atoms with Crippen LogP contribution in [-0.2, 0) is 11.3 Å². The van der Waals surface area contributed by atoms with Gasteiger partial charge in [0.2, 0.25) is 0 Å². The van der Waals surface area contributed by atoms with E-state index in [4.69, 9.17) is 16.3 Å². The van der Waals surface area contributed by atoms with Crippen LogP contribution in [0.2, 0.25) is 5.02 Å². The smallest absolute Gasteiger partial charge is 0.287 e. The van der Waals surface area contributed by atoms with Crippen molar-refractivity contribution in [2.24, 2.45) is 0 Å². The normalized spacial score (nSPS) is 18.2. The van der Waals surface area contributed by atoms with Gasteiger partial charge in [0.25, 0.3) is 5.91 Å². The Morgan fingerprint density at radius 3 is 2.78 bits per heavy atom. The number of imidazole rings is 1. The quantitative estimate of drug-likeness (QED) is 0.823. The molecule has 27 heavy (non-hydrogen) atoms. The zero-order valence-electron chi connectivity index (χ0n) is 16.1. The van der Waals surface area contributed by atoms with Crippen molar-refractivity contribution in [3.63, 3.8) is 0 Å². The number of nitrogens with one attached hydrogen (secondary N) is 1. The first-order valence-electron chi connectivity index (χ1n) is 9.32. The summed E-state index contributed by atoms with van der Waals surface area (Å²) in [4.78, 5) is 19.2. The van der Waals surface area contributed by atoms with E-state index in [1.165, 1.54) is 0 Å². The van der Waals surface area contributed by atoms with Gasteiger partial charge in [-0.15, -0.1) is 0 Å². The van der Waals surface area contributed by atoms with Crippen LogP contribution < -0.4 is 5.32 Å². The highest BCUT2D eigenvalue weighted by atomic mass is 35.5. The molecule has 1 amide bonds. The molecule has 1 aromatic heterocycles. The number of halogens is 1. The molecule has 6 nitrogen and oxygen atoms in total. The maximum absolute atomic E-state index is 12.6. The molecular formula is C20H27ClN4O2. The van der Waals surface area contributed by atoms with Gasteiger partial charge in [-0.05, 0) is 38.5 Å². The number of aromatic nitrogens is 2. The van der Waals surface area contributed by atoms with Crippen LogP contribution in [0.15, 0.2) is 36.7 Å². The van der Waals surface area contributed by atoms with E-state index in [0.29, 0.717) is 30.5 Å². The van der Waals surface area contributed by atoms with Crippen LogP contribution in [0.1, 0.15) is 43.0 Å². The summed E-state index contributed by atoms with van der Waals surface area (Å²) in [5.74, 6) is 0.281. The highest BCUT2D eigenvalue weighted by Gasteiger charge is 2.32. The number of carbonyl (C=O) groups is 1. The van der Waals surface area contributed by atoms with Crippen molar-refractivity contribution >= 4 is 17.5 Å². The fourth-order valence-corrected chi connectivity index (χ4v) is 3.63. The lowest BCUT2D eigenvalue weighted by molar-refractivity contribution is -0.0972. The zero-order chi connectivity index (χ0) is 19.4. The molecule has 1 aliphatic heterocycles. The van der Waals surface area contributed by atoms with Gasteiger partial charge in [0, 0.05) is 43.6 Å². The van der Waals surface area contributed by atoms with Crippen molar-refractivity contribution < 1.29 is 9.53 Å². The van der Waals surface area contributed by atoms with Crippen molar-refractivity contribution in [3.05, 3.63) is 53.1 Å². The minimum atomic E-state index is -0.217. The molecule has 1 unspecified atom stereocenters. The van der Waals surface area contributed by atoms with Gasteiger partial charge in [0.1, 0.15) is 0 Å². The largest absolute Gasteiger partial charge is 0.373 e. The summed E-state index contributed by atoms with van der Waals surface area (Å²) in [6.45, 7) is 9.66. The predicted octanol–water partition coefficient (Wildman–Crippen LogP) is 3.14. The minimum Gasteiger partial charge on any atom is -0.373 e. The summed E-state index contributed by atoms with van der Waals surface area (Å²) in [6, 6.07) is 7.87. The summed E-state index contributed by atoms with van der Waals surface area (Å²) in [7, 11) is 0. The first-order valence-corrected chi connectivity index (χ1v) is 9.70. The number of ether oxygens (including phenoxy) is 1. The van der Waals surface area contributed by atoms with Crippen molar-refractivity contribution in [1.82, 2.24) is 19.8 Å². The van der Waals surface area contributed by atoms with E-state index < -0.39 is 0 Å². The van der Waals surface area contributed by atoms with Crippen LogP contribution >= 0.6 is 11.6 Å². The van der Waals surface area contributed by atoms with E-state index in [2.05, 4.69) is 29.0 Å². The van der Waals surface area contributed by atoms with Gasteiger partial charge in [0.15, 0.2) is 5.82 Å². The van der Waals surface area contributed by atoms with Gasteiger partial charge in [-0.1, -0.05) is 23.7 Å². The highest BCUT2D eigenvalue weighted by Crippen LogP contribution is 2.27. The Balaban J connectivity index is 1.77. The Bertz CT molecular complexity index is 773. The van der Waals surface area contributed by atoms with Crippen LogP contribution in [0.3, 0.4) is 0 Å². The molecule has 3 rings (SSSR count). The Morgan fingerprint density at radius 1 is 1.37 bits per heavy atom. The maximum atomic E-state index is 12.6. The summed E-state index contributed by atoms with van der Waals surface area (Å²) in [5.41, 5.74) is 0.905. The van der Waals surface area contributed by atoms with Gasteiger partial charge in [0.05, 0.1) is 18.2 Å². The van der Waals surface area contributed by atoms with E-state index in [1.807, 2.05) is 42.0 Å². The predicted molar refractivity (Wildman–Crippen MR) is 106 cm³/mol. The topological polar surface area (TPSA) is 59.4 Å². The summed E-state index contributed by atoms with van der Waals surface area (Å²) in [5, 5.41) is 3.76.